The number of benzene rings is 2. The van der Waals surface area contributed by atoms with Gasteiger partial charge in [0.15, 0.2) is 0 Å². The maximum atomic E-state index is 12.5. The molecule has 10 nitrogen and oxygen atoms in total. The lowest BCUT2D eigenvalue weighted by atomic mass is 10.1. The normalized spacial score (nSPS) is 10.8. The molecule has 0 spiro atoms. The molecular weight excluding hydrogens is 406 g/mol. The van der Waals surface area contributed by atoms with Crippen LogP contribution in [0.25, 0.3) is 0 Å². The summed E-state index contributed by atoms with van der Waals surface area (Å²) in [6.45, 7) is 3.31. The fraction of sp³-hybridized carbons (Fsp3) is 0.222. The third-order valence-corrected chi connectivity index (χ3v) is 4.73. The topological polar surface area (TPSA) is 139 Å². The second kappa shape index (κ2) is 9.15. The van der Waals surface area contributed by atoms with Crippen LogP contribution >= 0.6 is 0 Å². The van der Waals surface area contributed by atoms with Gasteiger partial charge in [-0.05, 0) is 44.2 Å². The third kappa shape index (κ3) is 5.51. The van der Waals surface area contributed by atoms with E-state index in [4.69, 9.17) is 13.7 Å². The molecule has 0 aliphatic rings. The van der Waals surface area contributed by atoms with E-state index in [0.717, 1.165) is 36.4 Å². The molecule has 0 bridgehead atoms. The van der Waals surface area contributed by atoms with Gasteiger partial charge in [-0.25, -0.2) is 9.59 Å². The van der Waals surface area contributed by atoms with E-state index in [1.807, 2.05) is 0 Å². The predicted molar refractivity (Wildman–Crippen MR) is 99.3 cm³/mol. The van der Waals surface area contributed by atoms with Gasteiger partial charge in [0.1, 0.15) is 10.6 Å². The van der Waals surface area contributed by atoms with Crippen LogP contribution in [0.1, 0.15) is 34.6 Å². The standard InChI is InChI=1S/C18H17NO9S/c1-3-26-17(20)12-9-13(18(21)27-4-2)11-15(10-12)28-29(24,25)16-7-5-14(6-8-16)19(22)23/h5-11H,3-4H2,1-2H3. The van der Waals surface area contributed by atoms with Crippen molar-refractivity contribution in [1.82, 2.24) is 0 Å². The molecule has 0 heterocycles. The maximum Gasteiger partial charge on any atom is 0.339 e. The van der Waals surface area contributed by atoms with Crippen molar-refractivity contribution in [2.75, 3.05) is 13.2 Å². The van der Waals surface area contributed by atoms with Crippen molar-refractivity contribution >= 4 is 27.7 Å². The van der Waals surface area contributed by atoms with Crippen LogP contribution in [-0.4, -0.2) is 38.5 Å². The smallest absolute Gasteiger partial charge is 0.339 e. The first-order valence-corrected chi connectivity index (χ1v) is 9.77. The molecular formula is C18H17NO9S. The molecule has 0 saturated heterocycles. The summed E-state index contributed by atoms with van der Waals surface area (Å²) in [5, 5.41) is 10.7. The fourth-order valence-corrected chi connectivity index (χ4v) is 3.14. The quantitative estimate of drug-likeness (QED) is 0.271. The molecule has 29 heavy (non-hydrogen) atoms. The number of non-ortho nitro benzene ring substituents is 1. The highest BCUT2D eigenvalue weighted by Crippen LogP contribution is 2.24. The van der Waals surface area contributed by atoms with E-state index in [2.05, 4.69) is 0 Å². The molecule has 0 N–H and O–H groups in total. The van der Waals surface area contributed by atoms with Crippen molar-refractivity contribution in [3.8, 4) is 5.75 Å². The lowest BCUT2D eigenvalue weighted by molar-refractivity contribution is -0.384. The van der Waals surface area contributed by atoms with Gasteiger partial charge in [0, 0.05) is 12.1 Å². The minimum atomic E-state index is -4.39. The minimum absolute atomic E-state index is 0.0692. The first-order chi connectivity index (χ1) is 13.7. The number of ether oxygens (including phenoxy) is 2. The molecule has 11 heteroatoms. The summed E-state index contributed by atoms with van der Waals surface area (Å²) in [5.41, 5.74) is -0.504. The van der Waals surface area contributed by atoms with Crippen LogP contribution in [0.2, 0.25) is 0 Å². The van der Waals surface area contributed by atoms with Gasteiger partial charge in [-0.2, -0.15) is 8.42 Å². The van der Waals surface area contributed by atoms with Crippen LogP contribution in [0.15, 0.2) is 47.4 Å². The van der Waals surface area contributed by atoms with Crippen LogP contribution in [0.3, 0.4) is 0 Å². The first-order valence-electron chi connectivity index (χ1n) is 8.36. The van der Waals surface area contributed by atoms with E-state index in [9.17, 15) is 28.1 Å². The highest BCUT2D eigenvalue weighted by atomic mass is 32.2. The zero-order valence-electron chi connectivity index (χ0n) is 15.5. The molecule has 0 atom stereocenters. The highest BCUT2D eigenvalue weighted by molar-refractivity contribution is 7.87. The molecule has 2 aromatic rings. The van der Waals surface area contributed by atoms with Crippen molar-refractivity contribution in [3.05, 3.63) is 63.7 Å². The van der Waals surface area contributed by atoms with Gasteiger partial charge in [-0.15, -0.1) is 0 Å². The van der Waals surface area contributed by atoms with Crippen LogP contribution in [0.5, 0.6) is 5.75 Å². The SMILES string of the molecule is CCOC(=O)c1cc(OS(=O)(=O)c2ccc([N+](=O)[O-])cc2)cc(C(=O)OCC)c1. The largest absolute Gasteiger partial charge is 0.462 e. The number of hydrogen-bond donors (Lipinski definition) is 0. The zero-order chi connectivity index (χ0) is 21.6. The monoisotopic (exact) mass is 423 g/mol. The predicted octanol–water partition coefficient (Wildman–Crippen LogP) is 2.72. The summed E-state index contributed by atoms with van der Waals surface area (Å²) in [5.74, 6) is -1.88. The number of rotatable bonds is 8. The van der Waals surface area contributed by atoms with Gasteiger partial charge in [0.2, 0.25) is 0 Å². The number of carbonyl (C=O) groups is 2. The van der Waals surface area contributed by atoms with Crippen molar-refractivity contribution in [2.45, 2.75) is 18.7 Å². The van der Waals surface area contributed by atoms with Crippen LogP contribution in [-0.2, 0) is 19.6 Å². The van der Waals surface area contributed by atoms with Crippen molar-refractivity contribution in [2.24, 2.45) is 0 Å². The Hall–Kier alpha value is -3.47. The zero-order valence-corrected chi connectivity index (χ0v) is 16.3. The second-order valence-corrected chi connectivity index (χ2v) is 7.02. The molecule has 2 rings (SSSR count). The van der Waals surface area contributed by atoms with E-state index in [1.54, 1.807) is 13.8 Å². The Kier molecular flexibility index (Phi) is 6.89. The molecule has 0 fully saturated rings. The number of nitro benzene ring substituents is 1. The number of esters is 2. The van der Waals surface area contributed by atoms with E-state index in [0.29, 0.717) is 0 Å². The van der Waals surface area contributed by atoms with Gasteiger partial charge in [0.05, 0.1) is 29.3 Å². The number of nitro groups is 1. The lowest BCUT2D eigenvalue weighted by Crippen LogP contribution is -2.13. The molecule has 0 saturated carbocycles. The van der Waals surface area contributed by atoms with Gasteiger partial charge in [-0.1, -0.05) is 0 Å². The number of nitrogens with zero attached hydrogens (tertiary/aromatic N) is 1. The fourth-order valence-electron chi connectivity index (χ4n) is 2.22. The summed E-state index contributed by atoms with van der Waals surface area (Å²) < 4.78 is 39.7. The molecule has 0 amide bonds. The minimum Gasteiger partial charge on any atom is -0.462 e. The van der Waals surface area contributed by atoms with Crippen LogP contribution in [0.4, 0.5) is 5.69 Å². The summed E-state index contributed by atoms with van der Waals surface area (Å²) in [6, 6.07) is 7.43. The molecule has 0 aliphatic carbocycles. The summed E-state index contributed by atoms with van der Waals surface area (Å²) >= 11 is 0. The van der Waals surface area contributed by atoms with E-state index in [-0.39, 0.29) is 40.7 Å². The average Bonchev–Trinajstić information content (AvgIpc) is 2.67. The van der Waals surface area contributed by atoms with Gasteiger partial charge in [-0.3, -0.25) is 10.1 Å². The van der Waals surface area contributed by atoms with Gasteiger partial charge >= 0.3 is 22.1 Å². The summed E-state index contributed by atoms with van der Waals surface area (Å²) in [6.07, 6.45) is 0. The van der Waals surface area contributed by atoms with Crippen LogP contribution in [0, 0.1) is 10.1 Å². The Balaban J connectivity index is 2.42. The molecule has 0 aromatic heterocycles. The summed E-state index contributed by atoms with van der Waals surface area (Å²) in [7, 11) is -4.39. The third-order valence-electron chi connectivity index (χ3n) is 3.47. The van der Waals surface area contributed by atoms with Gasteiger partial charge in [0.25, 0.3) is 5.69 Å². The molecule has 0 unspecified atom stereocenters. The molecule has 154 valence electrons. The Bertz CT molecular complexity index is 994. The van der Waals surface area contributed by atoms with Crippen molar-refractivity contribution in [1.29, 1.82) is 0 Å². The lowest BCUT2D eigenvalue weighted by Gasteiger charge is -2.11. The average molecular weight is 423 g/mol. The van der Waals surface area contributed by atoms with E-state index in [1.165, 1.54) is 6.07 Å². The van der Waals surface area contributed by atoms with Gasteiger partial charge < -0.3 is 13.7 Å². The van der Waals surface area contributed by atoms with E-state index < -0.39 is 27.0 Å². The van der Waals surface area contributed by atoms with E-state index >= 15 is 0 Å². The number of carbonyl (C=O) groups excluding carboxylic acids is 2. The Labute approximate surface area is 166 Å². The Morgan fingerprint density at radius 2 is 1.41 bits per heavy atom. The van der Waals surface area contributed by atoms with Crippen LogP contribution < -0.4 is 4.18 Å². The molecule has 0 radical (unpaired) electrons. The summed E-state index contributed by atoms with van der Waals surface area (Å²) in [4.78, 5) is 33.7. The Morgan fingerprint density at radius 1 is 0.931 bits per heavy atom. The molecule has 2 aromatic carbocycles. The number of hydrogen-bond acceptors (Lipinski definition) is 9. The Morgan fingerprint density at radius 3 is 1.83 bits per heavy atom. The second-order valence-electron chi connectivity index (χ2n) is 5.48. The maximum absolute atomic E-state index is 12.5. The van der Waals surface area contributed by atoms with Crippen molar-refractivity contribution in [3.63, 3.8) is 0 Å². The molecule has 0 aliphatic heterocycles. The highest BCUT2D eigenvalue weighted by Gasteiger charge is 2.21. The first kappa shape index (κ1) is 21.8. The van der Waals surface area contributed by atoms with Crippen molar-refractivity contribution < 1.29 is 36.6 Å².